The number of carbonyl (C=O) groups excluding carboxylic acids is 1. The van der Waals surface area contributed by atoms with E-state index in [0.717, 1.165) is 5.56 Å². The van der Waals surface area contributed by atoms with Crippen LogP contribution in [-0.4, -0.2) is 18.1 Å². The van der Waals surface area contributed by atoms with Crippen LogP contribution < -0.4 is 11.1 Å². The quantitative estimate of drug-likeness (QED) is 0.757. The summed E-state index contributed by atoms with van der Waals surface area (Å²) in [6, 6.07) is 7.51. The van der Waals surface area contributed by atoms with Gasteiger partial charge in [-0.3, -0.25) is 10.1 Å². The number of hydrogen-bond donors (Lipinski definition) is 2. The molecule has 0 fully saturated rings. The Morgan fingerprint density at radius 2 is 1.95 bits per heavy atom. The van der Waals surface area contributed by atoms with Crippen LogP contribution in [0.3, 0.4) is 0 Å². The van der Waals surface area contributed by atoms with Gasteiger partial charge < -0.3 is 5.73 Å². The highest BCUT2D eigenvalue weighted by Gasteiger charge is 2.30. The fraction of sp³-hybridized carbons (Fsp3) is 0.357. The van der Waals surface area contributed by atoms with Gasteiger partial charge in [-0.25, -0.2) is 0 Å². The van der Waals surface area contributed by atoms with Gasteiger partial charge in [0.15, 0.2) is 0 Å². The number of amides is 1. The molecule has 0 heterocycles. The molecule has 0 aromatic heterocycles. The minimum Gasteiger partial charge on any atom is -0.368 e. The number of carbonyl (C=O) groups is 1. The molecule has 3 nitrogen and oxygen atoms in total. The highest BCUT2D eigenvalue weighted by molar-refractivity contribution is 5.79. The van der Waals surface area contributed by atoms with Gasteiger partial charge in [-0.05, 0) is 12.0 Å². The fourth-order valence-electron chi connectivity index (χ4n) is 1.79. The van der Waals surface area contributed by atoms with Crippen molar-refractivity contribution >= 4 is 5.91 Å². The molecule has 0 aliphatic rings. The number of halogens is 3. The van der Waals surface area contributed by atoms with Crippen molar-refractivity contribution < 1.29 is 18.0 Å². The number of rotatable bonds is 7. The van der Waals surface area contributed by atoms with E-state index in [1.54, 1.807) is 24.3 Å². The summed E-state index contributed by atoms with van der Waals surface area (Å²) in [5, 5.41) is 2.80. The maximum atomic E-state index is 12.2. The molecule has 6 heteroatoms. The first-order valence-electron chi connectivity index (χ1n) is 6.13. The van der Waals surface area contributed by atoms with Gasteiger partial charge in [-0.1, -0.05) is 36.4 Å². The van der Waals surface area contributed by atoms with Crippen molar-refractivity contribution in [2.45, 2.75) is 31.1 Å². The summed E-state index contributed by atoms with van der Waals surface area (Å²) >= 11 is 0. The second-order valence-corrected chi connectivity index (χ2v) is 4.40. The van der Waals surface area contributed by atoms with Crippen LogP contribution in [0.5, 0.6) is 0 Å². The molecule has 110 valence electrons. The molecular formula is C14H17F3N2O. The van der Waals surface area contributed by atoms with E-state index >= 15 is 0 Å². The maximum absolute atomic E-state index is 12.2. The number of nitrogens with one attached hydrogen (secondary N) is 1. The molecular weight excluding hydrogens is 269 g/mol. The molecule has 0 saturated heterocycles. The first-order valence-corrected chi connectivity index (χ1v) is 6.13. The maximum Gasteiger partial charge on any atom is 0.389 e. The molecule has 1 aromatic carbocycles. The molecule has 0 aliphatic carbocycles. The minimum absolute atomic E-state index is 0.393. The monoisotopic (exact) mass is 286 g/mol. The van der Waals surface area contributed by atoms with Crippen LogP contribution in [0.4, 0.5) is 13.2 Å². The van der Waals surface area contributed by atoms with E-state index in [1.807, 2.05) is 6.07 Å². The lowest BCUT2D eigenvalue weighted by Crippen LogP contribution is -2.43. The number of primary amides is 1. The van der Waals surface area contributed by atoms with Crippen LogP contribution >= 0.6 is 0 Å². The molecule has 1 aromatic rings. The van der Waals surface area contributed by atoms with Crippen LogP contribution in [0.1, 0.15) is 24.4 Å². The van der Waals surface area contributed by atoms with Crippen molar-refractivity contribution in [1.82, 2.24) is 5.32 Å². The third kappa shape index (κ3) is 5.44. The summed E-state index contributed by atoms with van der Waals surface area (Å²) in [7, 11) is 0. The zero-order valence-corrected chi connectivity index (χ0v) is 10.9. The highest BCUT2D eigenvalue weighted by Crippen LogP contribution is 2.23. The smallest absolute Gasteiger partial charge is 0.368 e. The van der Waals surface area contributed by atoms with Gasteiger partial charge in [0.05, 0.1) is 12.1 Å². The summed E-state index contributed by atoms with van der Waals surface area (Å²) < 4.78 is 36.7. The standard InChI is InChI=1S/C14H17F3N2O/c1-2-11(10-6-4-3-5-7-10)19-12(13(18)20)8-9-14(15,16)17/h2-7,11-12,19H,1,8-9H2,(H2,18,20)/t11-,12?/m1/s1. The average molecular weight is 286 g/mol. The molecule has 0 saturated carbocycles. The van der Waals surface area contributed by atoms with Crippen molar-refractivity contribution in [1.29, 1.82) is 0 Å². The summed E-state index contributed by atoms with van der Waals surface area (Å²) in [5.74, 6) is -0.808. The van der Waals surface area contributed by atoms with E-state index in [4.69, 9.17) is 5.73 Å². The van der Waals surface area contributed by atoms with E-state index in [2.05, 4.69) is 11.9 Å². The number of benzene rings is 1. The Hall–Kier alpha value is -1.82. The molecule has 0 aliphatic heterocycles. The van der Waals surface area contributed by atoms with Gasteiger partial charge in [0.1, 0.15) is 0 Å². The van der Waals surface area contributed by atoms with Crippen molar-refractivity contribution in [3.8, 4) is 0 Å². The van der Waals surface area contributed by atoms with Gasteiger partial charge >= 0.3 is 6.18 Å². The summed E-state index contributed by atoms with van der Waals surface area (Å²) in [5.41, 5.74) is 5.95. The Kier molecular flexibility index (Phi) is 5.76. The Labute approximate surface area is 115 Å². The summed E-state index contributed by atoms with van der Waals surface area (Å²) in [4.78, 5) is 11.3. The van der Waals surface area contributed by atoms with Gasteiger partial charge in [0.2, 0.25) is 5.91 Å². The molecule has 0 spiro atoms. The lowest BCUT2D eigenvalue weighted by Gasteiger charge is -2.22. The van der Waals surface area contributed by atoms with Crippen molar-refractivity contribution in [2.24, 2.45) is 5.73 Å². The topological polar surface area (TPSA) is 55.1 Å². The largest absolute Gasteiger partial charge is 0.389 e. The van der Waals surface area contributed by atoms with E-state index in [1.165, 1.54) is 6.08 Å². The molecule has 0 bridgehead atoms. The van der Waals surface area contributed by atoms with Crippen LogP contribution in [0, 0.1) is 0 Å². The van der Waals surface area contributed by atoms with Gasteiger partial charge in [0, 0.05) is 6.42 Å². The molecule has 1 amide bonds. The van der Waals surface area contributed by atoms with E-state index in [9.17, 15) is 18.0 Å². The number of nitrogens with two attached hydrogens (primary N) is 1. The van der Waals surface area contributed by atoms with Crippen LogP contribution in [0.2, 0.25) is 0 Å². The first-order chi connectivity index (χ1) is 9.33. The summed E-state index contributed by atoms with van der Waals surface area (Å²) in [6.45, 7) is 3.62. The van der Waals surface area contributed by atoms with E-state index < -0.39 is 37.0 Å². The second-order valence-electron chi connectivity index (χ2n) is 4.40. The fourth-order valence-corrected chi connectivity index (χ4v) is 1.79. The lowest BCUT2D eigenvalue weighted by atomic mass is 10.0. The van der Waals surface area contributed by atoms with Gasteiger partial charge in [0.25, 0.3) is 0 Å². The zero-order valence-electron chi connectivity index (χ0n) is 10.9. The predicted molar refractivity (Wildman–Crippen MR) is 70.8 cm³/mol. The predicted octanol–water partition coefficient (Wildman–Crippen LogP) is 2.70. The lowest BCUT2D eigenvalue weighted by molar-refractivity contribution is -0.138. The highest BCUT2D eigenvalue weighted by atomic mass is 19.4. The molecule has 1 rings (SSSR count). The first kappa shape index (κ1) is 16.2. The third-order valence-corrected chi connectivity index (χ3v) is 2.84. The molecule has 0 radical (unpaired) electrons. The Morgan fingerprint density at radius 1 is 1.35 bits per heavy atom. The van der Waals surface area contributed by atoms with Gasteiger partial charge in [-0.15, -0.1) is 6.58 Å². The van der Waals surface area contributed by atoms with Crippen molar-refractivity contribution in [3.63, 3.8) is 0 Å². The molecule has 1 unspecified atom stereocenters. The van der Waals surface area contributed by atoms with Crippen LogP contribution in [0.15, 0.2) is 43.0 Å². The SMILES string of the molecule is C=C[C@@H](NC(CCC(F)(F)F)C(N)=O)c1ccccc1. The normalized spacial score (nSPS) is 14.6. The number of alkyl halides is 3. The third-order valence-electron chi connectivity index (χ3n) is 2.84. The van der Waals surface area contributed by atoms with Crippen molar-refractivity contribution in [2.75, 3.05) is 0 Å². The average Bonchev–Trinajstić information content (AvgIpc) is 2.38. The van der Waals surface area contributed by atoms with Crippen LogP contribution in [-0.2, 0) is 4.79 Å². The van der Waals surface area contributed by atoms with E-state index in [0.29, 0.717) is 0 Å². The Bertz CT molecular complexity index is 445. The zero-order chi connectivity index (χ0) is 15.2. The molecule has 20 heavy (non-hydrogen) atoms. The summed E-state index contributed by atoms with van der Waals surface area (Å²) in [6.07, 6.45) is -4.24. The van der Waals surface area contributed by atoms with Crippen molar-refractivity contribution in [3.05, 3.63) is 48.6 Å². The molecule has 2 atom stereocenters. The Morgan fingerprint density at radius 3 is 2.40 bits per heavy atom. The van der Waals surface area contributed by atoms with Crippen LogP contribution in [0.25, 0.3) is 0 Å². The molecule has 3 N–H and O–H groups in total. The minimum atomic E-state index is -4.31. The Balaban J connectivity index is 2.73. The number of hydrogen-bond acceptors (Lipinski definition) is 2. The van der Waals surface area contributed by atoms with E-state index in [-0.39, 0.29) is 0 Å². The second kappa shape index (κ2) is 7.09. The van der Waals surface area contributed by atoms with Gasteiger partial charge in [-0.2, -0.15) is 13.2 Å².